The highest BCUT2D eigenvalue weighted by Crippen LogP contribution is 2.24. The minimum absolute atomic E-state index is 0.891. The zero-order chi connectivity index (χ0) is 13.7. The van der Waals surface area contributed by atoms with Gasteiger partial charge < -0.3 is 9.30 Å². The molecule has 0 radical (unpaired) electrons. The molecule has 0 amide bonds. The van der Waals surface area contributed by atoms with E-state index in [4.69, 9.17) is 4.74 Å². The molecular weight excluding hydrogens is 252 g/mol. The highest BCUT2D eigenvalue weighted by Gasteiger charge is 2.33. The van der Waals surface area contributed by atoms with E-state index in [1.165, 1.54) is 19.0 Å². The van der Waals surface area contributed by atoms with Crippen molar-refractivity contribution in [1.29, 1.82) is 0 Å². The Morgan fingerprint density at radius 3 is 2.63 bits per heavy atom. The van der Waals surface area contributed by atoms with Crippen LogP contribution < -0.4 is 4.74 Å². The quantitative estimate of drug-likeness (QED) is 0.610. The third-order valence-corrected chi connectivity index (χ3v) is 7.66. The Balaban J connectivity index is 1.80. The number of aliphatic imine (C=N–C) groups is 1. The second-order valence-electron chi connectivity index (χ2n) is 5.71. The van der Waals surface area contributed by atoms with Crippen LogP contribution in [0, 0.1) is 0 Å². The monoisotopic (exact) mass is 276 g/mol. The van der Waals surface area contributed by atoms with E-state index < -0.39 is 8.24 Å². The maximum absolute atomic E-state index is 5.14. The maximum Gasteiger partial charge on any atom is 0.122 e. The molecule has 3 nitrogen and oxygen atoms in total. The van der Waals surface area contributed by atoms with Gasteiger partial charge >= 0.3 is 0 Å². The first-order valence-corrected chi connectivity index (χ1v) is 10.2. The van der Waals surface area contributed by atoms with Crippen LogP contribution in [0.5, 0.6) is 5.75 Å². The Morgan fingerprint density at radius 1 is 1.32 bits per heavy atom. The standard InChI is InChI=1S/C15H24N2OSi/c1-18-15-7-5-14(6-8-15)13-16-9-11-17-10-4-12-19(17,2)3/h5-8,13H,4,9-12H2,1-3H3. The molecule has 1 aromatic carbocycles. The van der Waals surface area contributed by atoms with Gasteiger partial charge in [0.15, 0.2) is 0 Å². The van der Waals surface area contributed by atoms with Crippen LogP contribution in [0.1, 0.15) is 12.0 Å². The van der Waals surface area contributed by atoms with Gasteiger partial charge in [-0.05, 0) is 48.8 Å². The molecule has 0 saturated carbocycles. The van der Waals surface area contributed by atoms with Crippen molar-refractivity contribution in [3.63, 3.8) is 0 Å². The van der Waals surface area contributed by atoms with Crippen molar-refractivity contribution < 1.29 is 4.74 Å². The summed E-state index contributed by atoms with van der Waals surface area (Å²) >= 11 is 0. The number of hydrogen-bond donors (Lipinski definition) is 0. The molecule has 1 aromatic rings. The number of rotatable bonds is 5. The lowest BCUT2D eigenvalue weighted by atomic mass is 10.2. The van der Waals surface area contributed by atoms with Crippen LogP contribution in [0.25, 0.3) is 0 Å². The first kappa shape index (κ1) is 14.3. The normalized spacial score (nSPS) is 19.1. The molecule has 0 unspecified atom stereocenters. The van der Waals surface area contributed by atoms with Crippen molar-refractivity contribution in [2.24, 2.45) is 4.99 Å². The molecule has 104 valence electrons. The van der Waals surface area contributed by atoms with Gasteiger partial charge in [-0.15, -0.1) is 0 Å². The molecule has 0 N–H and O–H groups in total. The van der Waals surface area contributed by atoms with Gasteiger partial charge in [0.25, 0.3) is 0 Å². The highest BCUT2D eigenvalue weighted by atomic mass is 28.3. The second-order valence-corrected chi connectivity index (χ2v) is 10.5. The summed E-state index contributed by atoms with van der Waals surface area (Å²) in [5.74, 6) is 0.891. The highest BCUT2D eigenvalue weighted by molar-refractivity contribution is 6.75. The molecule has 1 fully saturated rings. The maximum atomic E-state index is 5.14. The average Bonchev–Trinajstić information content (AvgIpc) is 2.74. The Hall–Kier alpha value is -1.13. The van der Waals surface area contributed by atoms with Gasteiger partial charge in [-0.2, -0.15) is 0 Å². The number of hydrogen-bond acceptors (Lipinski definition) is 3. The van der Waals surface area contributed by atoms with Crippen LogP contribution in [0.2, 0.25) is 19.1 Å². The predicted molar refractivity (Wildman–Crippen MR) is 83.9 cm³/mol. The summed E-state index contributed by atoms with van der Waals surface area (Å²) < 4.78 is 7.82. The predicted octanol–water partition coefficient (Wildman–Crippen LogP) is 3.02. The van der Waals surface area contributed by atoms with Crippen molar-refractivity contribution in [2.75, 3.05) is 26.7 Å². The van der Waals surface area contributed by atoms with Crippen molar-refractivity contribution >= 4 is 14.5 Å². The van der Waals surface area contributed by atoms with Crippen molar-refractivity contribution in [1.82, 2.24) is 4.57 Å². The molecule has 0 aliphatic carbocycles. The minimum Gasteiger partial charge on any atom is -0.497 e. The second kappa shape index (κ2) is 6.35. The molecule has 0 bridgehead atoms. The first-order chi connectivity index (χ1) is 9.12. The van der Waals surface area contributed by atoms with E-state index >= 15 is 0 Å². The Bertz CT molecular complexity index is 428. The minimum atomic E-state index is -1.07. The van der Waals surface area contributed by atoms with E-state index in [1.807, 2.05) is 30.5 Å². The van der Waals surface area contributed by atoms with Crippen LogP contribution >= 0.6 is 0 Å². The fourth-order valence-corrected chi connectivity index (χ4v) is 5.42. The molecule has 2 rings (SSSR count). The molecule has 1 aliphatic heterocycles. The average molecular weight is 276 g/mol. The lowest BCUT2D eigenvalue weighted by Gasteiger charge is -2.28. The lowest BCUT2D eigenvalue weighted by molar-refractivity contribution is 0.415. The van der Waals surface area contributed by atoms with Crippen LogP contribution in [0.15, 0.2) is 29.3 Å². The Kier molecular flexibility index (Phi) is 4.77. The topological polar surface area (TPSA) is 24.8 Å². The number of ether oxygens (including phenoxy) is 1. The third-order valence-electron chi connectivity index (χ3n) is 3.93. The smallest absolute Gasteiger partial charge is 0.122 e. The van der Waals surface area contributed by atoms with Gasteiger partial charge in [-0.3, -0.25) is 4.99 Å². The SMILES string of the molecule is COc1ccc(C=NCCN2CCC[Si]2(C)C)cc1. The zero-order valence-electron chi connectivity index (χ0n) is 12.2. The van der Waals surface area contributed by atoms with Gasteiger partial charge in [0.1, 0.15) is 14.0 Å². The van der Waals surface area contributed by atoms with Crippen molar-refractivity contribution in [3.8, 4) is 5.75 Å². The summed E-state index contributed by atoms with van der Waals surface area (Å²) in [6.45, 7) is 8.23. The van der Waals surface area contributed by atoms with Crippen LogP contribution in [0.4, 0.5) is 0 Å². The Labute approximate surface area is 117 Å². The van der Waals surface area contributed by atoms with Crippen LogP contribution in [-0.4, -0.2) is 45.8 Å². The molecule has 0 atom stereocenters. The molecule has 1 saturated heterocycles. The van der Waals surface area contributed by atoms with E-state index in [2.05, 4.69) is 22.7 Å². The number of methoxy groups -OCH3 is 1. The van der Waals surface area contributed by atoms with E-state index in [-0.39, 0.29) is 0 Å². The van der Waals surface area contributed by atoms with Gasteiger partial charge in [-0.1, -0.05) is 13.1 Å². The largest absolute Gasteiger partial charge is 0.497 e. The van der Waals surface area contributed by atoms with Crippen molar-refractivity contribution in [2.45, 2.75) is 25.6 Å². The van der Waals surface area contributed by atoms with Gasteiger partial charge in [0.05, 0.1) is 13.7 Å². The zero-order valence-corrected chi connectivity index (χ0v) is 13.2. The molecule has 0 aromatic heterocycles. The van der Waals surface area contributed by atoms with Crippen LogP contribution in [-0.2, 0) is 0 Å². The molecule has 1 heterocycles. The van der Waals surface area contributed by atoms with E-state index in [9.17, 15) is 0 Å². The van der Waals surface area contributed by atoms with E-state index in [0.29, 0.717) is 0 Å². The summed E-state index contributed by atoms with van der Waals surface area (Å²) in [4.78, 5) is 4.54. The van der Waals surface area contributed by atoms with Gasteiger partial charge in [-0.25, -0.2) is 0 Å². The third kappa shape index (κ3) is 3.91. The number of nitrogens with zero attached hydrogens (tertiary/aromatic N) is 2. The summed E-state index contributed by atoms with van der Waals surface area (Å²) in [6.07, 6.45) is 3.34. The lowest BCUT2D eigenvalue weighted by Crippen LogP contribution is -2.44. The van der Waals surface area contributed by atoms with E-state index in [1.54, 1.807) is 7.11 Å². The molecule has 0 spiro atoms. The molecule has 4 heteroatoms. The summed E-state index contributed by atoms with van der Waals surface area (Å²) in [7, 11) is 0.617. The summed E-state index contributed by atoms with van der Waals surface area (Å²) in [5.41, 5.74) is 1.14. The van der Waals surface area contributed by atoms with Crippen molar-refractivity contribution in [3.05, 3.63) is 29.8 Å². The van der Waals surface area contributed by atoms with Crippen LogP contribution in [0.3, 0.4) is 0 Å². The van der Waals surface area contributed by atoms with Gasteiger partial charge in [0.2, 0.25) is 0 Å². The molecular formula is C15H24N2OSi. The summed E-state index contributed by atoms with van der Waals surface area (Å²) in [6, 6.07) is 9.46. The fraction of sp³-hybridized carbons (Fsp3) is 0.533. The number of benzene rings is 1. The first-order valence-electron chi connectivity index (χ1n) is 7.01. The van der Waals surface area contributed by atoms with E-state index in [0.717, 1.165) is 24.4 Å². The molecule has 19 heavy (non-hydrogen) atoms. The summed E-state index contributed by atoms with van der Waals surface area (Å²) in [5, 5.41) is 0. The molecule has 1 aliphatic rings. The Morgan fingerprint density at radius 2 is 2.05 bits per heavy atom. The van der Waals surface area contributed by atoms with Gasteiger partial charge in [0, 0.05) is 12.8 Å². The fourth-order valence-electron chi connectivity index (χ4n) is 2.62.